The quantitative estimate of drug-likeness (QED) is 0.809. The molecule has 1 amide bonds. The van der Waals surface area contributed by atoms with Gasteiger partial charge in [0.1, 0.15) is 5.75 Å². The second kappa shape index (κ2) is 7.32. The van der Waals surface area contributed by atoms with Gasteiger partial charge in [-0.3, -0.25) is 4.79 Å². The van der Waals surface area contributed by atoms with Crippen molar-refractivity contribution in [2.75, 3.05) is 19.0 Å². The number of nitrogens with one attached hydrogen (secondary N) is 1. The van der Waals surface area contributed by atoms with Crippen LogP contribution in [-0.2, 0) is 0 Å². The Morgan fingerprint density at radius 1 is 1.45 bits per heavy atom. The minimum absolute atomic E-state index is 0.121. The number of carbonyl (C=O) groups excluding carboxylic acids is 1. The Labute approximate surface area is 133 Å². The molecule has 3 nitrogen and oxygen atoms in total. The second-order valence-corrected chi connectivity index (χ2v) is 6.24. The van der Waals surface area contributed by atoms with Crippen molar-refractivity contribution in [3.8, 4) is 5.75 Å². The van der Waals surface area contributed by atoms with E-state index in [-0.39, 0.29) is 5.91 Å². The van der Waals surface area contributed by atoms with Gasteiger partial charge in [-0.1, -0.05) is 34.0 Å². The molecule has 2 atom stereocenters. The number of alkyl halides is 1. The summed E-state index contributed by atoms with van der Waals surface area (Å²) in [5, 5.41) is 4.55. The molecular weight excluding hydrogens is 342 g/mol. The zero-order valence-electron chi connectivity index (χ0n) is 11.5. The van der Waals surface area contributed by atoms with Gasteiger partial charge in [0, 0.05) is 16.9 Å². The van der Waals surface area contributed by atoms with Crippen molar-refractivity contribution in [2.24, 2.45) is 11.8 Å². The molecule has 110 valence electrons. The summed E-state index contributed by atoms with van der Waals surface area (Å²) in [6.45, 7) is 0.713. The number of hydrogen-bond acceptors (Lipinski definition) is 2. The van der Waals surface area contributed by atoms with Gasteiger partial charge in [0.2, 0.25) is 0 Å². The van der Waals surface area contributed by atoms with E-state index in [9.17, 15) is 4.79 Å². The fraction of sp³-hybridized carbons (Fsp3) is 0.533. The summed E-state index contributed by atoms with van der Waals surface area (Å²) < 4.78 is 5.21. The average molecular weight is 361 g/mol. The summed E-state index contributed by atoms with van der Waals surface area (Å²) in [5.41, 5.74) is 0.494. The number of hydrogen-bond donors (Lipinski definition) is 1. The molecule has 5 heteroatoms. The lowest BCUT2D eigenvalue weighted by atomic mass is 9.98. The van der Waals surface area contributed by atoms with Crippen LogP contribution in [0, 0.1) is 11.8 Å². The molecule has 1 aliphatic rings. The highest BCUT2D eigenvalue weighted by molar-refractivity contribution is 9.09. The summed E-state index contributed by atoms with van der Waals surface area (Å²) in [6.07, 6.45) is 3.67. The Hall–Kier alpha value is -0.740. The van der Waals surface area contributed by atoms with Gasteiger partial charge in [0.25, 0.3) is 5.91 Å². The van der Waals surface area contributed by atoms with Crippen LogP contribution in [0.1, 0.15) is 29.6 Å². The van der Waals surface area contributed by atoms with Crippen molar-refractivity contribution in [3.63, 3.8) is 0 Å². The van der Waals surface area contributed by atoms with Crippen molar-refractivity contribution in [1.29, 1.82) is 0 Å². The maximum atomic E-state index is 12.3. The molecule has 0 spiro atoms. The SMILES string of the molecule is COc1ccc(Cl)cc1C(=O)NCC1CCCC1CBr. The Balaban J connectivity index is 2.00. The molecule has 1 saturated carbocycles. The summed E-state index contributed by atoms with van der Waals surface area (Å²) in [6, 6.07) is 5.08. The average Bonchev–Trinajstić information content (AvgIpc) is 2.92. The molecular formula is C15H19BrClNO2. The highest BCUT2D eigenvalue weighted by Gasteiger charge is 2.26. The first-order valence-corrected chi connectivity index (χ1v) is 8.33. The van der Waals surface area contributed by atoms with Crippen LogP contribution in [0.2, 0.25) is 5.02 Å². The minimum Gasteiger partial charge on any atom is -0.496 e. The first-order valence-electron chi connectivity index (χ1n) is 6.83. The van der Waals surface area contributed by atoms with E-state index < -0.39 is 0 Å². The molecule has 1 aromatic carbocycles. The molecule has 2 unspecified atom stereocenters. The van der Waals surface area contributed by atoms with Crippen LogP contribution < -0.4 is 10.1 Å². The smallest absolute Gasteiger partial charge is 0.255 e. The normalized spacial score (nSPS) is 21.8. The maximum absolute atomic E-state index is 12.3. The van der Waals surface area contributed by atoms with Crippen molar-refractivity contribution in [2.45, 2.75) is 19.3 Å². The van der Waals surface area contributed by atoms with Crippen LogP contribution in [0.15, 0.2) is 18.2 Å². The molecule has 20 heavy (non-hydrogen) atoms. The zero-order chi connectivity index (χ0) is 14.5. The fourth-order valence-corrected chi connectivity index (χ4v) is 3.79. The number of carbonyl (C=O) groups is 1. The van der Waals surface area contributed by atoms with Crippen molar-refractivity contribution >= 4 is 33.4 Å². The molecule has 0 aromatic heterocycles. The van der Waals surface area contributed by atoms with Crippen molar-refractivity contribution in [1.82, 2.24) is 5.32 Å². The monoisotopic (exact) mass is 359 g/mol. The van der Waals surface area contributed by atoms with Gasteiger partial charge in [0.05, 0.1) is 12.7 Å². The van der Waals surface area contributed by atoms with E-state index in [1.54, 1.807) is 25.3 Å². The van der Waals surface area contributed by atoms with Crippen molar-refractivity contribution < 1.29 is 9.53 Å². The van der Waals surface area contributed by atoms with E-state index in [1.807, 2.05) is 0 Å². The summed E-state index contributed by atoms with van der Waals surface area (Å²) in [5.74, 6) is 1.65. The molecule has 0 heterocycles. The lowest BCUT2D eigenvalue weighted by Crippen LogP contribution is -2.31. The van der Waals surface area contributed by atoms with Crippen LogP contribution in [0.3, 0.4) is 0 Å². The van der Waals surface area contributed by atoms with E-state index in [4.69, 9.17) is 16.3 Å². The van der Waals surface area contributed by atoms with Gasteiger partial charge in [0.15, 0.2) is 0 Å². The van der Waals surface area contributed by atoms with Crippen LogP contribution in [0.4, 0.5) is 0 Å². The number of rotatable bonds is 5. The summed E-state index contributed by atoms with van der Waals surface area (Å²) >= 11 is 9.50. The number of amides is 1. The number of halogens is 2. The van der Waals surface area contributed by atoms with Crippen LogP contribution in [-0.4, -0.2) is 24.9 Å². The Bertz CT molecular complexity index is 481. The molecule has 0 radical (unpaired) electrons. The van der Waals surface area contributed by atoms with Crippen LogP contribution in [0.25, 0.3) is 0 Å². The molecule has 1 aromatic rings. The van der Waals surface area contributed by atoms with E-state index >= 15 is 0 Å². The lowest BCUT2D eigenvalue weighted by Gasteiger charge is -2.18. The van der Waals surface area contributed by atoms with Gasteiger partial charge in [-0.15, -0.1) is 0 Å². The second-order valence-electron chi connectivity index (χ2n) is 5.16. The molecule has 1 N–H and O–H groups in total. The van der Waals surface area contributed by atoms with Crippen LogP contribution >= 0.6 is 27.5 Å². The third-order valence-corrected chi connectivity index (χ3v) is 5.01. The number of benzene rings is 1. The van der Waals surface area contributed by atoms with Gasteiger partial charge in [-0.2, -0.15) is 0 Å². The minimum atomic E-state index is -0.121. The van der Waals surface area contributed by atoms with E-state index in [0.717, 1.165) is 5.33 Å². The third-order valence-electron chi connectivity index (χ3n) is 3.95. The molecule has 1 fully saturated rings. The zero-order valence-corrected chi connectivity index (χ0v) is 13.8. The molecule has 1 aliphatic carbocycles. The predicted molar refractivity (Wildman–Crippen MR) is 85.0 cm³/mol. The standard InChI is InChI=1S/C15H19BrClNO2/c1-20-14-6-5-12(17)7-13(14)15(19)18-9-11-4-2-3-10(11)8-16/h5-7,10-11H,2-4,8-9H2,1H3,(H,18,19). The first kappa shape index (κ1) is 15.6. The number of ether oxygens (including phenoxy) is 1. The van der Waals surface area contributed by atoms with E-state index in [1.165, 1.54) is 19.3 Å². The highest BCUT2D eigenvalue weighted by atomic mass is 79.9. The Morgan fingerprint density at radius 3 is 2.90 bits per heavy atom. The summed E-state index contributed by atoms with van der Waals surface area (Å²) in [4.78, 5) is 12.3. The molecule has 0 bridgehead atoms. The molecule has 0 aliphatic heterocycles. The molecule has 2 rings (SSSR count). The first-order chi connectivity index (χ1) is 9.65. The van der Waals surface area contributed by atoms with Gasteiger partial charge < -0.3 is 10.1 Å². The fourth-order valence-electron chi connectivity index (χ4n) is 2.76. The Morgan fingerprint density at radius 2 is 2.20 bits per heavy atom. The van der Waals surface area contributed by atoms with Gasteiger partial charge >= 0.3 is 0 Å². The number of methoxy groups -OCH3 is 1. The van der Waals surface area contributed by atoms with Gasteiger partial charge in [-0.05, 0) is 42.9 Å². The topological polar surface area (TPSA) is 38.3 Å². The molecule has 0 saturated heterocycles. The predicted octanol–water partition coefficient (Wildman–Crippen LogP) is 3.89. The third kappa shape index (κ3) is 3.67. The Kier molecular flexibility index (Phi) is 5.73. The van der Waals surface area contributed by atoms with Gasteiger partial charge in [-0.25, -0.2) is 0 Å². The van der Waals surface area contributed by atoms with E-state index in [0.29, 0.717) is 34.7 Å². The highest BCUT2D eigenvalue weighted by Crippen LogP contribution is 2.32. The maximum Gasteiger partial charge on any atom is 0.255 e. The van der Waals surface area contributed by atoms with E-state index in [2.05, 4.69) is 21.2 Å². The van der Waals surface area contributed by atoms with Crippen molar-refractivity contribution in [3.05, 3.63) is 28.8 Å². The van der Waals surface area contributed by atoms with Crippen LogP contribution in [0.5, 0.6) is 5.75 Å². The summed E-state index contributed by atoms with van der Waals surface area (Å²) in [7, 11) is 1.55. The largest absolute Gasteiger partial charge is 0.496 e. The lowest BCUT2D eigenvalue weighted by molar-refractivity contribution is 0.0942.